The van der Waals surface area contributed by atoms with E-state index in [1.54, 1.807) is 0 Å². The number of hydrogen-bond donors (Lipinski definition) is 1. The van der Waals surface area contributed by atoms with Crippen molar-refractivity contribution < 1.29 is 0 Å². The zero-order valence-electron chi connectivity index (χ0n) is 11.0. The van der Waals surface area contributed by atoms with Gasteiger partial charge < -0.3 is 5.32 Å². The molecule has 2 aromatic heterocycles. The minimum absolute atomic E-state index is 0.251. The van der Waals surface area contributed by atoms with Crippen LogP contribution in [0.3, 0.4) is 0 Å². The first kappa shape index (κ1) is 12.8. The molecule has 0 aliphatic rings. The first-order valence-corrected chi connectivity index (χ1v) is 6.45. The number of pyridine rings is 1. The number of rotatable bonds is 6. The van der Waals surface area contributed by atoms with Gasteiger partial charge in [0.05, 0.1) is 11.9 Å². The molecule has 1 atom stereocenters. The largest absolute Gasteiger partial charge is 0.305 e. The van der Waals surface area contributed by atoms with Gasteiger partial charge in [0.25, 0.3) is 0 Å². The van der Waals surface area contributed by atoms with E-state index >= 15 is 0 Å². The van der Waals surface area contributed by atoms with Crippen molar-refractivity contribution in [2.45, 2.75) is 39.4 Å². The van der Waals surface area contributed by atoms with Gasteiger partial charge >= 0.3 is 0 Å². The Hall–Kier alpha value is -1.68. The number of aromatic nitrogens is 3. The lowest BCUT2D eigenvalue weighted by atomic mass is 10.2. The second-order valence-corrected chi connectivity index (χ2v) is 4.47. The van der Waals surface area contributed by atoms with Crippen molar-refractivity contribution in [1.82, 2.24) is 20.1 Å². The smallest absolute Gasteiger partial charge is 0.0570 e. The molecule has 0 fully saturated rings. The Morgan fingerprint density at radius 3 is 3.00 bits per heavy atom. The molecule has 4 heteroatoms. The normalized spacial score (nSPS) is 12.6. The predicted molar refractivity (Wildman–Crippen MR) is 72.0 cm³/mol. The van der Waals surface area contributed by atoms with E-state index in [9.17, 15) is 0 Å². The summed E-state index contributed by atoms with van der Waals surface area (Å²) in [6.45, 7) is 6.08. The average molecular weight is 244 g/mol. The van der Waals surface area contributed by atoms with Crippen LogP contribution in [0.5, 0.6) is 0 Å². The monoisotopic (exact) mass is 244 g/mol. The number of nitrogens with zero attached hydrogens (tertiary/aromatic N) is 3. The molecule has 0 amide bonds. The lowest BCUT2D eigenvalue weighted by Gasteiger charge is -2.11. The van der Waals surface area contributed by atoms with E-state index in [0.717, 1.165) is 25.2 Å². The third-order valence-electron chi connectivity index (χ3n) is 2.88. The van der Waals surface area contributed by atoms with Gasteiger partial charge in [-0.25, -0.2) is 0 Å². The van der Waals surface area contributed by atoms with Crippen molar-refractivity contribution in [3.05, 3.63) is 48.0 Å². The zero-order chi connectivity index (χ0) is 12.8. The van der Waals surface area contributed by atoms with Crippen molar-refractivity contribution in [1.29, 1.82) is 0 Å². The van der Waals surface area contributed by atoms with Crippen molar-refractivity contribution >= 4 is 0 Å². The molecule has 4 nitrogen and oxygen atoms in total. The fraction of sp³-hybridized carbons (Fsp3) is 0.429. The SMILES string of the molecule is CCCn1cc(CNC(C)c2ccccn2)cn1. The third kappa shape index (κ3) is 3.40. The lowest BCUT2D eigenvalue weighted by molar-refractivity contribution is 0.560. The van der Waals surface area contributed by atoms with E-state index in [1.807, 2.05) is 35.3 Å². The molecule has 1 unspecified atom stereocenters. The fourth-order valence-corrected chi connectivity index (χ4v) is 1.86. The van der Waals surface area contributed by atoms with Gasteiger partial charge in [0.2, 0.25) is 0 Å². The highest BCUT2D eigenvalue weighted by Gasteiger charge is 2.06. The Morgan fingerprint density at radius 2 is 2.28 bits per heavy atom. The van der Waals surface area contributed by atoms with Gasteiger partial charge in [-0.1, -0.05) is 13.0 Å². The van der Waals surface area contributed by atoms with Gasteiger partial charge in [-0.3, -0.25) is 9.67 Å². The Bertz CT molecular complexity index is 464. The molecule has 0 aliphatic heterocycles. The summed E-state index contributed by atoms with van der Waals surface area (Å²) in [4.78, 5) is 4.34. The molecule has 0 saturated heterocycles. The fourth-order valence-electron chi connectivity index (χ4n) is 1.86. The molecular formula is C14H20N4. The molecule has 2 heterocycles. The van der Waals surface area contributed by atoms with Crippen LogP contribution in [0.15, 0.2) is 36.8 Å². The van der Waals surface area contributed by atoms with Crippen LogP contribution in [-0.4, -0.2) is 14.8 Å². The second kappa shape index (κ2) is 6.31. The van der Waals surface area contributed by atoms with E-state index in [-0.39, 0.29) is 6.04 Å². The molecule has 0 radical (unpaired) electrons. The second-order valence-electron chi connectivity index (χ2n) is 4.47. The van der Waals surface area contributed by atoms with Crippen LogP contribution >= 0.6 is 0 Å². The Labute approximate surface area is 108 Å². The molecule has 2 aromatic rings. The standard InChI is InChI=1S/C14H20N4/c1-3-8-18-11-13(10-17-18)9-16-12(2)14-6-4-5-7-15-14/h4-7,10-12,16H,3,8-9H2,1-2H3. The first-order valence-electron chi connectivity index (χ1n) is 6.45. The molecular weight excluding hydrogens is 224 g/mol. The number of aryl methyl sites for hydroxylation is 1. The highest BCUT2D eigenvalue weighted by Crippen LogP contribution is 2.09. The van der Waals surface area contributed by atoms with Gasteiger partial charge in [0.15, 0.2) is 0 Å². The van der Waals surface area contributed by atoms with Crippen molar-refractivity contribution in [2.75, 3.05) is 0 Å². The van der Waals surface area contributed by atoms with E-state index < -0.39 is 0 Å². The van der Waals surface area contributed by atoms with E-state index in [4.69, 9.17) is 0 Å². The van der Waals surface area contributed by atoms with Gasteiger partial charge in [-0.2, -0.15) is 5.10 Å². The Kier molecular flexibility index (Phi) is 4.47. The summed E-state index contributed by atoms with van der Waals surface area (Å²) in [7, 11) is 0. The van der Waals surface area contributed by atoms with Gasteiger partial charge in [-0.15, -0.1) is 0 Å². The van der Waals surface area contributed by atoms with Gasteiger partial charge in [-0.05, 0) is 25.5 Å². The summed E-state index contributed by atoms with van der Waals surface area (Å²) in [5, 5.41) is 7.77. The summed E-state index contributed by atoms with van der Waals surface area (Å²) in [6.07, 6.45) is 6.96. The van der Waals surface area contributed by atoms with Gasteiger partial charge in [0.1, 0.15) is 0 Å². The molecule has 0 spiro atoms. The molecule has 18 heavy (non-hydrogen) atoms. The first-order chi connectivity index (χ1) is 8.79. The predicted octanol–water partition coefficient (Wildman–Crippen LogP) is 2.54. The van der Waals surface area contributed by atoms with Crippen LogP contribution in [0.4, 0.5) is 0 Å². The van der Waals surface area contributed by atoms with Crippen LogP contribution < -0.4 is 5.32 Å². The summed E-state index contributed by atoms with van der Waals surface area (Å²) >= 11 is 0. The summed E-state index contributed by atoms with van der Waals surface area (Å²) < 4.78 is 1.99. The highest BCUT2D eigenvalue weighted by molar-refractivity contribution is 5.09. The maximum absolute atomic E-state index is 4.34. The molecule has 96 valence electrons. The van der Waals surface area contributed by atoms with Crippen LogP contribution in [0, 0.1) is 0 Å². The highest BCUT2D eigenvalue weighted by atomic mass is 15.3. The summed E-state index contributed by atoms with van der Waals surface area (Å²) in [6, 6.07) is 6.24. The van der Waals surface area contributed by atoms with E-state index in [2.05, 4.69) is 35.4 Å². The maximum Gasteiger partial charge on any atom is 0.0570 e. The number of nitrogens with one attached hydrogen (secondary N) is 1. The quantitative estimate of drug-likeness (QED) is 0.849. The Morgan fingerprint density at radius 1 is 1.39 bits per heavy atom. The van der Waals surface area contributed by atoms with E-state index in [0.29, 0.717) is 0 Å². The van der Waals surface area contributed by atoms with Crippen LogP contribution in [0.1, 0.15) is 37.6 Å². The van der Waals surface area contributed by atoms with Crippen LogP contribution in [0.25, 0.3) is 0 Å². The summed E-state index contributed by atoms with van der Waals surface area (Å²) in [5.74, 6) is 0. The number of hydrogen-bond acceptors (Lipinski definition) is 3. The third-order valence-corrected chi connectivity index (χ3v) is 2.88. The topological polar surface area (TPSA) is 42.7 Å². The minimum Gasteiger partial charge on any atom is -0.305 e. The van der Waals surface area contributed by atoms with Gasteiger partial charge in [0, 0.05) is 37.1 Å². The molecule has 0 bridgehead atoms. The molecule has 1 N–H and O–H groups in total. The maximum atomic E-state index is 4.34. The van der Waals surface area contributed by atoms with E-state index in [1.165, 1.54) is 5.56 Å². The molecule has 2 rings (SSSR count). The Balaban J connectivity index is 1.87. The van der Waals surface area contributed by atoms with Crippen molar-refractivity contribution in [3.8, 4) is 0 Å². The molecule has 0 aromatic carbocycles. The average Bonchev–Trinajstić information content (AvgIpc) is 2.85. The van der Waals surface area contributed by atoms with Crippen LogP contribution in [-0.2, 0) is 13.1 Å². The summed E-state index contributed by atoms with van der Waals surface area (Å²) in [5.41, 5.74) is 2.28. The lowest BCUT2D eigenvalue weighted by Crippen LogP contribution is -2.18. The van der Waals surface area contributed by atoms with Crippen molar-refractivity contribution in [2.24, 2.45) is 0 Å². The molecule has 0 saturated carbocycles. The van der Waals surface area contributed by atoms with Crippen molar-refractivity contribution in [3.63, 3.8) is 0 Å². The minimum atomic E-state index is 0.251. The molecule has 0 aliphatic carbocycles. The van der Waals surface area contributed by atoms with Crippen LogP contribution in [0.2, 0.25) is 0 Å². The zero-order valence-corrected chi connectivity index (χ0v) is 11.0.